The van der Waals surface area contributed by atoms with Gasteiger partial charge in [-0.3, -0.25) is 0 Å². The minimum Gasteiger partial charge on any atom is -0.508 e. The number of ether oxygens (including phenoxy) is 1. The Morgan fingerprint density at radius 3 is 2.77 bits per heavy atom. The summed E-state index contributed by atoms with van der Waals surface area (Å²) in [6.07, 6.45) is 2.58. The molecule has 1 aliphatic carbocycles. The van der Waals surface area contributed by atoms with Crippen molar-refractivity contribution in [2.24, 2.45) is 5.92 Å². The van der Waals surface area contributed by atoms with Crippen LogP contribution in [0.15, 0.2) is 18.2 Å². The molecule has 2 heteroatoms. The van der Waals surface area contributed by atoms with Gasteiger partial charge < -0.3 is 9.84 Å². The highest BCUT2D eigenvalue weighted by atomic mass is 16.5. The predicted molar refractivity (Wildman–Crippen MR) is 51.1 cm³/mol. The first-order valence-corrected chi connectivity index (χ1v) is 4.67. The van der Waals surface area contributed by atoms with E-state index in [2.05, 4.69) is 0 Å². The molecule has 0 atom stereocenters. The standard InChI is InChI=1S/C11H14O2/c1-8-4-10(12)6-11(5-8)13-7-9-2-3-9/h4-6,9,12H,2-3,7H2,1H3. The van der Waals surface area contributed by atoms with Crippen LogP contribution in [-0.4, -0.2) is 11.7 Å². The van der Waals surface area contributed by atoms with Gasteiger partial charge in [-0.05, 0) is 43.4 Å². The van der Waals surface area contributed by atoms with Crippen molar-refractivity contribution >= 4 is 0 Å². The van der Waals surface area contributed by atoms with Gasteiger partial charge in [-0.25, -0.2) is 0 Å². The minimum absolute atomic E-state index is 0.283. The third kappa shape index (κ3) is 2.38. The molecule has 0 bridgehead atoms. The first kappa shape index (κ1) is 8.42. The molecule has 1 aromatic carbocycles. The molecule has 1 aromatic rings. The normalized spacial score (nSPS) is 15.8. The van der Waals surface area contributed by atoms with Crippen molar-refractivity contribution in [1.29, 1.82) is 0 Å². The number of phenolic OH excluding ortho intramolecular Hbond substituents is 1. The van der Waals surface area contributed by atoms with E-state index in [0.717, 1.165) is 23.8 Å². The molecular weight excluding hydrogens is 164 g/mol. The van der Waals surface area contributed by atoms with Gasteiger partial charge in [0.05, 0.1) is 6.61 Å². The Bertz CT molecular complexity index is 283. The lowest BCUT2D eigenvalue weighted by atomic mass is 10.2. The number of hydrogen-bond donors (Lipinski definition) is 1. The maximum Gasteiger partial charge on any atom is 0.123 e. The minimum atomic E-state index is 0.283. The number of phenols is 1. The number of aromatic hydroxyl groups is 1. The predicted octanol–water partition coefficient (Wildman–Crippen LogP) is 2.49. The highest BCUT2D eigenvalue weighted by Gasteiger charge is 2.21. The fraction of sp³-hybridized carbons (Fsp3) is 0.455. The number of benzene rings is 1. The van der Waals surface area contributed by atoms with E-state index >= 15 is 0 Å². The highest BCUT2D eigenvalue weighted by Crippen LogP contribution is 2.30. The van der Waals surface area contributed by atoms with Crippen molar-refractivity contribution in [3.8, 4) is 11.5 Å². The smallest absolute Gasteiger partial charge is 0.123 e. The zero-order chi connectivity index (χ0) is 9.26. The van der Waals surface area contributed by atoms with E-state index in [1.807, 2.05) is 13.0 Å². The third-order valence-electron chi connectivity index (χ3n) is 2.22. The lowest BCUT2D eigenvalue weighted by Crippen LogP contribution is -1.98. The summed E-state index contributed by atoms with van der Waals surface area (Å²) in [6.45, 7) is 2.74. The third-order valence-corrected chi connectivity index (χ3v) is 2.22. The Morgan fingerprint density at radius 2 is 2.15 bits per heavy atom. The van der Waals surface area contributed by atoms with Crippen LogP contribution in [0, 0.1) is 12.8 Å². The number of rotatable bonds is 3. The van der Waals surface area contributed by atoms with Crippen LogP contribution in [-0.2, 0) is 0 Å². The molecule has 0 spiro atoms. The first-order chi connectivity index (χ1) is 6.24. The number of aryl methyl sites for hydroxylation is 1. The first-order valence-electron chi connectivity index (χ1n) is 4.67. The van der Waals surface area contributed by atoms with E-state index in [-0.39, 0.29) is 5.75 Å². The van der Waals surface area contributed by atoms with Crippen molar-refractivity contribution in [2.75, 3.05) is 6.61 Å². The van der Waals surface area contributed by atoms with E-state index < -0.39 is 0 Å². The molecule has 1 saturated carbocycles. The molecule has 13 heavy (non-hydrogen) atoms. The molecule has 0 radical (unpaired) electrons. The summed E-state index contributed by atoms with van der Waals surface area (Å²) in [5.41, 5.74) is 1.03. The monoisotopic (exact) mass is 178 g/mol. The SMILES string of the molecule is Cc1cc(O)cc(OCC2CC2)c1. The van der Waals surface area contributed by atoms with Gasteiger partial charge in [-0.2, -0.15) is 0 Å². The fourth-order valence-electron chi connectivity index (χ4n) is 1.31. The van der Waals surface area contributed by atoms with Crippen molar-refractivity contribution in [1.82, 2.24) is 0 Å². The van der Waals surface area contributed by atoms with Crippen LogP contribution in [0.5, 0.6) is 11.5 Å². The summed E-state index contributed by atoms with van der Waals surface area (Å²) in [5, 5.41) is 9.29. The van der Waals surface area contributed by atoms with Gasteiger partial charge in [-0.1, -0.05) is 0 Å². The highest BCUT2D eigenvalue weighted by molar-refractivity contribution is 5.36. The van der Waals surface area contributed by atoms with Crippen LogP contribution in [0.1, 0.15) is 18.4 Å². The van der Waals surface area contributed by atoms with E-state index in [9.17, 15) is 5.11 Å². The molecule has 0 saturated heterocycles. The molecule has 0 aliphatic heterocycles. The van der Waals surface area contributed by atoms with Crippen LogP contribution in [0.3, 0.4) is 0 Å². The topological polar surface area (TPSA) is 29.5 Å². The van der Waals surface area contributed by atoms with E-state index in [1.54, 1.807) is 12.1 Å². The summed E-state index contributed by atoms with van der Waals surface area (Å²) < 4.78 is 5.53. The van der Waals surface area contributed by atoms with Crippen LogP contribution in [0.25, 0.3) is 0 Å². The average Bonchev–Trinajstić information content (AvgIpc) is 2.81. The Kier molecular flexibility index (Phi) is 2.13. The van der Waals surface area contributed by atoms with Crippen molar-refractivity contribution in [3.05, 3.63) is 23.8 Å². The maximum atomic E-state index is 9.29. The van der Waals surface area contributed by atoms with Gasteiger partial charge in [0.1, 0.15) is 11.5 Å². The Morgan fingerprint density at radius 1 is 1.38 bits per heavy atom. The van der Waals surface area contributed by atoms with Crippen molar-refractivity contribution in [3.63, 3.8) is 0 Å². The van der Waals surface area contributed by atoms with Crippen molar-refractivity contribution < 1.29 is 9.84 Å². The van der Waals surface area contributed by atoms with Gasteiger partial charge >= 0.3 is 0 Å². The zero-order valence-corrected chi connectivity index (χ0v) is 7.79. The molecule has 70 valence electrons. The fourth-order valence-corrected chi connectivity index (χ4v) is 1.31. The van der Waals surface area contributed by atoms with Crippen LogP contribution in [0.4, 0.5) is 0 Å². The second kappa shape index (κ2) is 3.29. The maximum absolute atomic E-state index is 9.29. The molecule has 1 fully saturated rings. The largest absolute Gasteiger partial charge is 0.508 e. The molecule has 0 unspecified atom stereocenters. The zero-order valence-electron chi connectivity index (χ0n) is 7.79. The van der Waals surface area contributed by atoms with E-state index in [1.165, 1.54) is 12.8 Å². The summed E-state index contributed by atoms with van der Waals surface area (Å²) in [7, 11) is 0. The summed E-state index contributed by atoms with van der Waals surface area (Å²) in [5.74, 6) is 1.82. The van der Waals surface area contributed by atoms with E-state index in [4.69, 9.17) is 4.74 Å². The second-order valence-electron chi connectivity index (χ2n) is 3.76. The van der Waals surface area contributed by atoms with Gasteiger partial charge in [-0.15, -0.1) is 0 Å². The molecule has 1 N–H and O–H groups in total. The van der Waals surface area contributed by atoms with Gasteiger partial charge in [0.25, 0.3) is 0 Å². The second-order valence-corrected chi connectivity index (χ2v) is 3.76. The Balaban J connectivity index is 2.01. The summed E-state index contributed by atoms with van der Waals surface area (Å²) in [6, 6.07) is 5.33. The molecule has 0 heterocycles. The number of hydrogen-bond acceptors (Lipinski definition) is 2. The summed E-state index contributed by atoms with van der Waals surface area (Å²) >= 11 is 0. The lowest BCUT2D eigenvalue weighted by Gasteiger charge is -2.06. The van der Waals surface area contributed by atoms with Crippen LogP contribution < -0.4 is 4.74 Å². The van der Waals surface area contributed by atoms with E-state index in [0.29, 0.717) is 0 Å². The quantitative estimate of drug-likeness (QED) is 0.770. The van der Waals surface area contributed by atoms with Crippen molar-refractivity contribution in [2.45, 2.75) is 19.8 Å². The van der Waals surface area contributed by atoms with Gasteiger partial charge in [0, 0.05) is 6.07 Å². The molecular formula is C11H14O2. The molecule has 1 aliphatic rings. The summed E-state index contributed by atoms with van der Waals surface area (Å²) in [4.78, 5) is 0. The molecule has 0 amide bonds. The van der Waals surface area contributed by atoms with Crippen LogP contribution >= 0.6 is 0 Å². The molecule has 2 nitrogen and oxygen atoms in total. The average molecular weight is 178 g/mol. The van der Waals surface area contributed by atoms with Gasteiger partial charge in [0.2, 0.25) is 0 Å². The Labute approximate surface area is 78.2 Å². The Hall–Kier alpha value is -1.18. The lowest BCUT2D eigenvalue weighted by molar-refractivity contribution is 0.298. The van der Waals surface area contributed by atoms with Crippen LogP contribution in [0.2, 0.25) is 0 Å². The molecule has 0 aromatic heterocycles. The van der Waals surface area contributed by atoms with Gasteiger partial charge in [0.15, 0.2) is 0 Å². The molecule has 2 rings (SSSR count).